The van der Waals surface area contributed by atoms with Crippen LogP contribution in [0.5, 0.6) is 0 Å². The fourth-order valence-corrected chi connectivity index (χ4v) is 1.62. The molecule has 0 saturated heterocycles. The van der Waals surface area contributed by atoms with Gasteiger partial charge in [-0.2, -0.15) is 48.3 Å². The average Bonchev–Trinajstić information content (AvgIpc) is 2.34. The zero-order valence-electron chi connectivity index (χ0n) is 11.7. The Kier molecular flexibility index (Phi) is 6.90. The van der Waals surface area contributed by atoms with Gasteiger partial charge in [0.2, 0.25) is 0 Å². The van der Waals surface area contributed by atoms with Crippen LogP contribution in [-0.4, -0.2) is 36.2 Å². The first kappa shape index (κ1) is 23.1. The summed E-state index contributed by atoms with van der Waals surface area (Å²) in [4.78, 5) is 0. The highest BCUT2D eigenvalue weighted by atomic mass is 19.4. The molecule has 0 rings (SSSR count). The average molecular weight is 387 g/mol. The van der Waals surface area contributed by atoms with Crippen molar-refractivity contribution in [3.05, 3.63) is 0 Å². The highest BCUT2D eigenvalue weighted by Gasteiger charge is 2.81. The standard InChI is InChI=1S/C11H13F12N/c12-6(4-2-1-3-5-7(13,14)15)8(16,17)9(18,19)10(20,21)11(22,23)24/h6H,1-5,24H2. The van der Waals surface area contributed by atoms with Gasteiger partial charge in [-0.1, -0.05) is 12.8 Å². The van der Waals surface area contributed by atoms with Crippen LogP contribution < -0.4 is 5.73 Å². The van der Waals surface area contributed by atoms with Gasteiger partial charge in [0.05, 0.1) is 0 Å². The van der Waals surface area contributed by atoms with Crippen LogP contribution in [0.3, 0.4) is 0 Å². The summed E-state index contributed by atoms with van der Waals surface area (Å²) in [7, 11) is 0. The van der Waals surface area contributed by atoms with Crippen molar-refractivity contribution < 1.29 is 52.7 Å². The molecule has 1 unspecified atom stereocenters. The molecule has 0 aliphatic rings. The summed E-state index contributed by atoms with van der Waals surface area (Å²) >= 11 is 0. The third-order valence-corrected chi connectivity index (χ3v) is 3.04. The molecule has 0 fully saturated rings. The summed E-state index contributed by atoms with van der Waals surface area (Å²) < 4.78 is 151. The van der Waals surface area contributed by atoms with Gasteiger partial charge in [-0.05, 0) is 12.8 Å². The van der Waals surface area contributed by atoms with Crippen molar-refractivity contribution in [3.63, 3.8) is 0 Å². The molecule has 0 spiro atoms. The van der Waals surface area contributed by atoms with Gasteiger partial charge in [-0.25, -0.2) is 4.39 Å². The van der Waals surface area contributed by atoms with Crippen molar-refractivity contribution in [1.82, 2.24) is 0 Å². The maximum atomic E-state index is 13.2. The molecule has 0 radical (unpaired) electrons. The summed E-state index contributed by atoms with van der Waals surface area (Å²) in [6.45, 7) is 0. The maximum absolute atomic E-state index is 13.2. The smallest absolute Gasteiger partial charge is 0.267 e. The molecule has 0 aliphatic carbocycles. The first-order valence-corrected chi connectivity index (χ1v) is 6.39. The Morgan fingerprint density at radius 3 is 1.50 bits per heavy atom. The van der Waals surface area contributed by atoms with Crippen molar-refractivity contribution in [3.8, 4) is 0 Å². The number of rotatable bonds is 9. The van der Waals surface area contributed by atoms with Gasteiger partial charge in [-0.15, -0.1) is 0 Å². The molecule has 2 N–H and O–H groups in total. The summed E-state index contributed by atoms with van der Waals surface area (Å²) in [5.74, 6) is -19.8. The van der Waals surface area contributed by atoms with Gasteiger partial charge in [0.15, 0.2) is 6.17 Å². The third kappa shape index (κ3) is 5.06. The summed E-state index contributed by atoms with van der Waals surface area (Å²) in [5.41, 5.74) is 3.45. The minimum absolute atomic E-state index is 0.509. The van der Waals surface area contributed by atoms with Crippen LogP contribution in [0.4, 0.5) is 52.7 Å². The van der Waals surface area contributed by atoms with E-state index in [0.29, 0.717) is 0 Å². The van der Waals surface area contributed by atoms with Crippen LogP contribution in [0, 0.1) is 0 Å². The van der Waals surface area contributed by atoms with Crippen LogP contribution in [-0.2, 0) is 0 Å². The van der Waals surface area contributed by atoms with E-state index in [1.165, 1.54) is 0 Å². The number of nitrogens with two attached hydrogens (primary N) is 1. The molecule has 146 valence electrons. The molecule has 0 aromatic carbocycles. The lowest BCUT2D eigenvalue weighted by Crippen LogP contribution is -2.67. The molecule has 24 heavy (non-hydrogen) atoms. The lowest BCUT2D eigenvalue weighted by atomic mass is 9.95. The first-order chi connectivity index (χ1) is 10.4. The van der Waals surface area contributed by atoms with Crippen LogP contribution >= 0.6 is 0 Å². The summed E-state index contributed by atoms with van der Waals surface area (Å²) in [5, 5.41) is 0. The van der Waals surface area contributed by atoms with E-state index < -0.39 is 68.3 Å². The lowest BCUT2D eigenvalue weighted by molar-refractivity contribution is -0.374. The zero-order chi connectivity index (χ0) is 19.6. The van der Waals surface area contributed by atoms with Crippen molar-refractivity contribution in [2.45, 2.75) is 68.3 Å². The number of unbranched alkanes of at least 4 members (excludes halogenated alkanes) is 2. The maximum Gasteiger partial charge on any atom is 0.392 e. The van der Waals surface area contributed by atoms with E-state index in [2.05, 4.69) is 5.73 Å². The number of halogens is 12. The molecule has 0 aromatic rings. The zero-order valence-corrected chi connectivity index (χ0v) is 11.7. The Labute approximate surface area is 128 Å². The first-order valence-electron chi connectivity index (χ1n) is 6.39. The van der Waals surface area contributed by atoms with E-state index in [9.17, 15) is 52.7 Å². The van der Waals surface area contributed by atoms with Gasteiger partial charge < -0.3 is 0 Å². The second kappa shape index (κ2) is 7.16. The predicted octanol–water partition coefficient (Wildman–Crippen LogP) is 5.29. The van der Waals surface area contributed by atoms with E-state index in [4.69, 9.17) is 0 Å². The molecule has 1 atom stereocenters. The molecular weight excluding hydrogens is 374 g/mol. The van der Waals surface area contributed by atoms with Crippen LogP contribution in [0.2, 0.25) is 0 Å². The molecule has 0 saturated carbocycles. The Morgan fingerprint density at radius 2 is 1.12 bits per heavy atom. The molecular formula is C11H13F12N. The second-order valence-corrected chi connectivity index (χ2v) is 5.08. The third-order valence-electron chi connectivity index (χ3n) is 3.04. The summed E-state index contributed by atoms with van der Waals surface area (Å²) in [6.07, 6.45) is -13.3. The van der Waals surface area contributed by atoms with Crippen molar-refractivity contribution in [2.24, 2.45) is 5.73 Å². The fraction of sp³-hybridized carbons (Fsp3) is 1.00. The minimum atomic E-state index is -6.82. The number of hydrogen-bond donors (Lipinski definition) is 1. The van der Waals surface area contributed by atoms with Gasteiger partial charge >= 0.3 is 30.0 Å². The van der Waals surface area contributed by atoms with E-state index in [0.717, 1.165) is 0 Å². The SMILES string of the molecule is NC(F)(F)C(F)(F)C(F)(F)C(F)(F)C(F)CCCCCC(F)(F)F. The number of hydrogen-bond acceptors (Lipinski definition) is 1. The van der Waals surface area contributed by atoms with Crippen LogP contribution in [0.25, 0.3) is 0 Å². The highest BCUT2D eigenvalue weighted by Crippen LogP contribution is 2.53. The van der Waals surface area contributed by atoms with E-state index in [-0.39, 0.29) is 0 Å². The molecule has 13 heteroatoms. The Hall–Kier alpha value is -0.880. The molecule has 0 aromatic heterocycles. The quantitative estimate of drug-likeness (QED) is 0.325. The van der Waals surface area contributed by atoms with Crippen molar-refractivity contribution in [2.75, 3.05) is 0 Å². The highest BCUT2D eigenvalue weighted by molar-refractivity contribution is 5.04. The number of alkyl halides is 12. The molecule has 1 nitrogen and oxygen atoms in total. The molecule has 0 heterocycles. The topological polar surface area (TPSA) is 26.0 Å². The molecule has 0 amide bonds. The second-order valence-electron chi connectivity index (χ2n) is 5.08. The lowest BCUT2D eigenvalue weighted by Gasteiger charge is -2.36. The van der Waals surface area contributed by atoms with Crippen LogP contribution in [0.15, 0.2) is 0 Å². The van der Waals surface area contributed by atoms with Gasteiger partial charge in [0.1, 0.15) is 0 Å². The largest absolute Gasteiger partial charge is 0.392 e. The van der Waals surface area contributed by atoms with Crippen LogP contribution in [0.1, 0.15) is 32.1 Å². The fourth-order valence-electron chi connectivity index (χ4n) is 1.62. The minimum Gasteiger partial charge on any atom is -0.267 e. The molecule has 0 aliphatic heterocycles. The van der Waals surface area contributed by atoms with Gasteiger partial charge in [0.25, 0.3) is 0 Å². The van der Waals surface area contributed by atoms with E-state index in [1.54, 1.807) is 0 Å². The Morgan fingerprint density at radius 1 is 0.667 bits per heavy atom. The normalized spacial score (nSPS) is 16.4. The van der Waals surface area contributed by atoms with E-state index in [1.807, 2.05) is 0 Å². The summed E-state index contributed by atoms with van der Waals surface area (Å²) in [6, 6.07) is -6.05. The van der Waals surface area contributed by atoms with Crippen molar-refractivity contribution in [1.29, 1.82) is 0 Å². The van der Waals surface area contributed by atoms with Gasteiger partial charge in [0, 0.05) is 6.42 Å². The monoisotopic (exact) mass is 387 g/mol. The van der Waals surface area contributed by atoms with Gasteiger partial charge in [-0.3, -0.25) is 5.73 Å². The molecule has 0 bridgehead atoms. The van der Waals surface area contributed by atoms with E-state index >= 15 is 0 Å². The Balaban J connectivity index is 4.85. The van der Waals surface area contributed by atoms with Crippen molar-refractivity contribution >= 4 is 0 Å². The Bertz CT molecular complexity index is 397. The predicted molar refractivity (Wildman–Crippen MR) is 58.0 cm³/mol.